The van der Waals surface area contributed by atoms with Crippen molar-refractivity contribution in [3.63, 3.8) is 0 Å². The smallest absolute Gasteiger partial charge is 0.0995 e. The molecule has 0 radical (unpaired) electrons. The van der Waals surface area contributed by atoms with Crippen molar-refractivity contribution in [2.24, 2.45) is 0 Å². The van der Waals surface area contributed by atoms with E-state index in [0.29, 0.717) is 0 Å². The van der Waals surface area contributed by atoms with Gasteiger partial charge in [0.05, 0.1) is 11.6 Å². The van der Waals surface area contributed by atoms with Crippen LogP contribution in [0.4, 0.5) is 0 Å². The van der Waals surface area contributed by atoms with E-state index in [1.54, 1.807) is 0 Å². The average Bonchev–Trinajstić information content (AvgIpc) is 2.08. The number of halogens is 3. The van der Waals surface area contributed by atoms with Gasteiger partial charge in [0.15, 0.2) is 0 Å². The van der Waals surface area contributed by atoms with Gasteiger partial charge in [-0.25, -0.2) is 0 Å². The minimum absolute atomic E-state index is 0.756. The molecule has 1 aromatic rings. The van der Waals surface area contributed by atoms with Crippen LogP contribution in [0.5, 0.6) is 0 Å². The number of hydrogen-bond acceptors (Lipinski definition) is 1. The van der Waals surface area contributed by atoms with Crippen molar-refractivity contribution in [2.45, 2.75) is 6.92 Å². The fourth-order valence-electron chi connectivity index (χ4n) is 0.802. The van der Waals surface area contributed by atoms with Crippen LogP contribution >= 0.6 is 61.1 Å². The zero-order chi connectivity index (χ0) is 9.30. The van der Waals surface area contributed by atoms with E-state index in [1.165, 1.54) is 0 Å². The quantitative estimate of drug-likeness (QED) is 0.438. The molecule has 1 aromatic carbocycles. The van der Waals surface area contributed by atoms with E-state index in [-0.39, 0.29) is 0 Å². The van der Waals surface area contributed by atoms with Crippen LogP contribution in [0.15, 0.2) is 10.5 Å². The summed E-state index contributed by atoms with van der Waals surface area (Å²) in [6.07, 6.45) is 0. The Balaban J connectivity index is 3.52. The lowest BCUT2D eigenvalue weighted by molar-refractivity contribution is 1.33. The first-order valence-corrected chi connectivity index (χ1v) is 6.07. The minimum Gasteiger partial charge on any atom is -0.192 e. The predicted octanol–water partition coefficient (Wildman–Crippen LogP) is 3.84. The summed E-state index contributed by atoms with van der Waals surface area (Å²) in [5.74, 6) is 0. The number of nitrogens with zero attached hydrogens (tertiary/aromatic N) is 1. The fourth-order valence-corrected chi connectivity index (χ4v) is 2.89. The molecule has 0 heterocycles. The molecular weight excluding hydrogens is 444 g/mol. The number of nitriles is 1. The van der Waals surface area contributed by atoms with Crippen molar-refractivity contribution >= 4 is 61.1 Å². The van der Waals surface area contributed by atoms with E-state index in [9.17, 15) is 0 Å². The molecule has 0 bridgehead atoms. The van der Waals surface area contributed by atoms with E-state index in [1.807, 2.05) is 13.0 Å². The molecule has 0 aliphatic heterocycles. The molecule has 62 valence electrons. The van der Waals surface area contributed by atoms with Gasteiger partial charge < -0.3 is 0 Å². The van der Waals surface area contributed by atoms with Crippen molar-refractivity contribution in [1.82, 2.24) is 0 Å². The van der Waals surface area contributed by atoms with Crippen LogP contribution in [-0.4, -0.2) is 0 Å². The summed E-state index contributed by atoms with van der Waals surface area (Å²) < 4.78 is 3.29. The molecule has 1 nitrogen and oxygen atoms in total. The second kappa shape index (κ2) is 4.24. The molecule has 0 aliphatic rings. The molecule has 0 fully saturated rings. The van der Waals surface area contributed by atoms with Crippen LogP contribution in [-0.2, 0) is 0 Å². The molecule has 1 rings (SSSR count). The Bertz CT molecular complexity index is 368. The highest BCUT2D eigenvalue weighted by Crippen LogP contribution is 2.29. The van der Waals surface area contributed by atoms with E-state index >= 15 is 0 Å². The molecule has 0 amide bonds. The lowest BCUT2D eigenvalue weighted by atomic mass is 10.1. The maximum absolute atomic E-state index is 8.79. The lowest BCUT2D eigenvalue weighted by Crippen LogP contribution is -1.91. The first-order valence-electron chi connectivity index (χ1n) is 3.12. The maximum atomic E-state index is 8.79. The molecule has 0 spiro atoms. The highest BCUT2D eigenvalue weighted by Gasteiger charge is 2.09. The Morgan fingerprint density at radius 2 is 2.08 bits per heavy atom. The van der Waals surface area contributed by atoms with E-state index < -0.39 is 0 Å². The average molecular weight is 448 g/mol. The second-order valence-electron chi connectivity index (χ2n) is 2.27. The van der Waals surface area contributed by atoms with Crippen molar-refractivity contribution in [3.8, 4) is 6.07 Å². The molecule has 0 saturated carbocycles. The summed E-state index contributed by atoms with van der Waals surface area (Å²) in [6.45, 7) is 1.96. The third kappa shape index (κ3) is 1.93. The van der Waals surface area contributed by atoms with Gasteiger partial charge in [0.1, 0.15) is 0 Å². The van der Waals surface area contributed by atoms with Gasteiger partial charge in [-0.2, -0.15) is 5.26 Å². The molecule has 0 aromatic heterocycles. The monoisotopic (exact) mass is 447 g/mol. The van der Waals surface area contributed by atoms with Gasteiger partial charge in [-0.05, 0) is 79.7 Å². The van der Waals surface area contributed by atoms with E-state index in [2.05, 4.69) is 67.2 Å². The van der Waals surface area contributed by atoms with E-state index in [0.717, 1.165) is 22.7 Å². The SMILES string of the molecule is Cc1c(C#N)cc(I)c(Br)c1I. The standard InChI is InChI=1S/C8H4BrI2N/c1-4-5(3-12)2-6(10)7(9)8(4)11/h2H,1H3. The fraction of sp³-hybridized carbons (Fsp3) is 0.125. The molecule has 12 heavy (non-hydrogen) atoms. The van der Waals surface area contributed by atoms with Crippen LogP contribution in [0.25, 0.3) is 0 Å². The lowest BCUT2D eigenvalue weighted by Gasteiger charge is -2.05. The predicted molar refractivity (Wildman–Crippen MR) is 69.0 cm³/mol. The topological polar surface area (TPSA) is 23.8 Å². The van der Waals surface area contributed by atoms with Crippen molar-refractivity contribution in [3.05, 3.63) is 28.8 Å². The van der Waals surface area contributed by atoms with Gasteiger partial charge in [-0.3, -0.25) is 0 Å². The zero-order valence-electron chi connectivity index (χ0n) is 6.16. The minimum atomic E-state index is 0.756. The molecular formula is C8H4BrI2N. The Labute approximate surface area is 107 Å². The van der Waals surface area contributed by atoms with Gasteiger partial charge in [0.25, 0.3) is 0 Å². The highest BCUT2D eigenvalue weighted by molar-refractivity contribution is 14.1. The molecule has 0 atom stereocenters. The number of hydrogen-bond donors (Lipinski definition) is 0. The van der Waals surface area contributed by atoms with Gasteiger partial charge in [0.2, 0.25) is 0 Å². The Morgan fingerprint density at radius 1 is 1.50 bits per heavy atom. The highest BCUT2D eigenvalue weighted by atomic mass is 127. The maximum Gasteiger partial charge on any atom is 0.0995 e. The second-order valence-corrected chi connectivity index (χ2v) is 5.30. The third-order valence-corrected chi connectivity index (χ3v) is 6.03. The third-order valence-electron chi connectivity index (χ3n) is 1.53. The largest absolute Gasteiger partial charge is 0.192 e. The first-order chi connectivity index (χ1) is 5.57. The van der Waals surface area contributed by atoms with Crippen molar-refractivity contribution in [2.75, 3.05) is 0 Å². The Hall–Kier alpha value is 0.650. The van der Waals surface area contributed by atoms with Gasteiger partial charge in [-0.15, -0.1) is 0 Å². The van der Waals surface area contributed by atoms with Gasteiger partial charge in [-0.1, -0.05) is 0 Å². The Kier molecular flexibility index (Phi) is 3.79. The van der Waals surface area contributed by atoms with Crippen molar-refractivity contribution < 1.29 is 0 Å². The van der Waals surface area contributed by atoms with Gasteiger partial charge >= 0.3 is 0 Å². The summed E-state index contributed by atoms with van der Waals surface area (Å²) >= 11 is 7.92. The summed E-state index contributed by atoms with van der Waals surface area (Å²) in [7, 11) is 0. The summed E-state index contributed by atoms with van der Waals surface area (Å²) in [5, 5.41) is 8.79. The summed E-state index contributed by atoms with van der Waals surface area (Å²) in [4.78, 5) is 0. The molecule has 0 N–H and O–H groups in total. The summed E-state index contributed by atoms with van der Waals surface area (Å²) in [5.41, 5.74) is 1.80. The van der Waals surface area contributed by atoms with Crippen LogP contribution in [0.3, 0.4) is 0 Å². The molecule has 4 heteroatoms. The van der Waals surface area contributed by atoms with E-state index in [4.69, 9.17) is 5.26 Å². The van der Waals surface area contributed by atoms with Crippen LogP contribution in [0.1, 0.15) is 11.1 Å². The molecule has 0 saturated heterocycles. The zero-order valence-corrected chi connectivity index (χ0v) is 12.1. The van der Waals surface area contributed by atoms with Crippen LogP contribution in [0.2, 0.25) is 0 Å². The molecule has 0 unspecified atom stereocenters. The number of benzene rings is 1. The van der Waals surface area contributed by atoms with Crippen LogP contribution in [0, 0.1) is 25.4 Å². The first kappa shape index (κ1) is 10.7. The summed E-state index contributed by atoms with van der Waals surface area (Å²) in [6, 6.07) is 4.06. The number of rotatable bonds is 0. The van der Waals surface area contributed by atoms with Gasteiger partial charge in [0, 0.05) is 11.6 Å². The molecule has 0 aliphatic carbocycles. The van der Waals surface area contributed by atoms with Crippen LogP contribution < -0.4 is 0 Å². The Morgan fingerprint density at radius 3 is 2.58 bits per heavy atom. The van der Waals surface area contributed by atoms with Crippen molar-refractivity contribution in [1.29, 1.82) is 5.26 Å². The normalized spacial score (nSPS) is 9.58.